The molecule has 3 aromatic carbocycles. The number of aromatic nitrogens is 2. The molecule has 148 valence electrons. The number of rotatable bonds is 4. The van der Waals surface area contributed by atoms with E-state index in [4.69, 9.17) is 4.74 Å². The van der Waals surface area contributed by atoms with E-state index in [0.29, 0.717) is 22.0 Å². The van der Waals surface area contributed by atoms with Gasteiger partial charge in [-0.05, 0) is 42.8 Å². The zero-order valence-corrected chi connectivity index (χ0v) is 15.8. The van der Waals surface area contributed by atoms with Gasteiger partial charge in [0.15, 0.2) is 0 Å². The van der Waals surface area contributed by atoms with Gasteiger partial charge in [0.1, 0.15) is 17.1 Å². The van der Waals surface area contributed by atoms with Crippen molar-refractivity contribution in [1.82, 2.24) is 9.97 Å². The number of carbonyl (C=O) groups is 1. The zero-order valence-electron chi connectivity index (χ0n) is 15.8. The minimum absolute atomic E-state index is 0.122. The van der Waals surface area contributed by atoms with Crippen LogP contribution in [0.5, 0.6) is 5.75 Å². The van der Waals surface area contributed by atoms with Crippen LogP contribution in [0.4, 0.5) is 5.69 Å². The Hall–Kier alpha value is -4.33. The van der Waals surface area contributed by atoms with Crippen LogP contribution in [0.3, 0.4) is 0 Å². The number of nitrogens with zero attached hydrogens (tertiary/aromatic N) is 2. The van der Waals surface area contributed by atoms with Gasteiger partial charge in [-0.2, -0.15) is 0 Å². The van der Waals surface area contributed by atoms with E-state index in [1.165, 1.54) is 18.2 Å². The number of ether oxygens (including phenoxy) is 1. The number of nitro benzene ring substituents is 1. The number of hydrogen-bond acceptors (Lipinski definition) is 6. The lowest BCUT2D eigenvalue weighted by Gasteiger charge is -2.10. The molecule has 30 heavy (non-hydrogen) atoms. The van der Waals surface area contributed by atoms with E-state index in [1.807, 2.05) is 0 Å². The predicted molar refractivity (Wildman–Crippen MR) is 111 cm³/mol. The molecule has 4 rings (SSSR count). The fourth-order valence-corrected chi connectivity index (χ4v) is 3.09. The highest BCUT2D eigenvalue weighted by molar-refractivity contribution is 5.96. The molecule has 0 aliphatic heterocycles. The van der Waals surface area contributed by atoms with Gasteiger partial charge in [-0.25, -0.2) is 9.78 Å². The average Bonchev–Trinajstić information content (AvgIpc) is 2.74. The van der Waals surface area contributed by atoms with Crippen LogP contribution in [0, 0.1) is 17.0 Å². The lowest BCUT2D eigenvalue weighted by atomic mass is 10.1. The highest BCUT2D eigenvalue weighted by Gasteiger charge is 2.23. The number of benzene rings is 3. The molecule has 8 nitrogen and oxygen atoms in total. The Morgan fingerprint density at radius 2 is 1.80 bits per heavy atom. The molecule has 1 aromatic heterocycles. The second-order valence-electron chi connectivity index (χ2n) is 6.60. The number of nitro groups is 1. The number of esters is 1. The largest absolute Gasteiger partial charge is 0.422 e. The molecule has 0 spiro atoms. The number of para-hydroxylation sites is 2. The summed E-state index contributed by atoms with van der Waals surface area (Å²) < 4.78 is 5.48. The van der Waals surface area contributed by atoms with Crippen LogP contribution in [0.2, 0.25) is 0 Å². The smallest absolute Gasteiger partial charge is 0.350 e. The molecule has 1 N–H and O–H groups in total. The second kappa shape index (κ2) is 7.59. The van der Waals surface area contributed by atoms with Crippen LogP contribution in [-0.4, -0.2) is 20.9 Å². The molecule has 8 heteroatoms. The Kier molecular flexibility index (Phi) is 4.81. The van der Waals surface area contributed by atoms with Crippen LogP contribution < -0.4 is 10.3 Å². The standard InChI is InChI=1S/C22H15N3O5/c1-13-10-11-18(25(28)29)16(12-13)22(27)30-19-9-5-3-7-15(19)20-23-17-8-4-2-6-14(17)21(26)24-20/h2-12H,1H3,(H,23,24,26). The average molecular weight is 401 g/mol. The molecule has 0 unspecified atom stereocenters. The maximum atomic E-state index is 12.7. The molecule has 0 aliphatic carbocycles. The van der Waals surface area contributed by atoms with Crippen molar-refractivity contribution in [2.45, 2.75) is 6.92 Å². The minimum atomic E-state index is -0.874. The SMILES string of the molecule is Cc1ccc([N+](=O)[O-])c(C(=O)Oc2ccccc2-c2nc3ccccc3c(=O)[nH]2)c1. The van der Waals surface area contributed by atoms with Crippen molar-refractivity contribution in [3.8, 4) is 17.1 Å². The number of nitrogens with one attached hydrogen (secondary N) is 1. The first-order chi connectivity index (χ1) is 14.4. The summed E-state index contributed by atoms with van der Waals surface area (Å²) in [5.74, 6) is -0.529. The van der Waals surface area contributed by atoms with Gasteiger partial charge in [-0.15, -0.1) is 0 Å². The maximum Gasteiger partial charge on any atom is 0.350 e. The summed E-state index contributed by atoms with van der Waals surface area (Å²) in [5, 5.41) is 11.7. The zero-order chi connectivity index (χ0) is 21.3. The van der Waals surface area contributed by atoms with E-state index in [1.54, 1.807) is 55.5 Å². The summed E-state index contributed by atoms with van der Waals surface area (Å²) in [6.45, 7) is 1.72. The van der Waals surface area contributed by atoms with E-state index < -0.39 is 10.9 Å². The number of fused-ring (bicyclic) bond motifs is 1. The fraction of sp³-hybridized carbons (Fsp3) is 0.0455. The molecule has 0 saturated carbocycles. The van der Waals surface area contributed by atoms with Gasteiger partial charge in [0.25, 0.3) is 11.2 Å². The van der Waals surface area contributed by atoms with E-state index in [-0.39, 0.29) is 28.4 Å². The van der Waals surface area contributed by atoms with E-state index in [2.05, 4.69) is 9.97 Å². The van der Waals surface area contributed by atoms with Crippen LogP contribution in [0.1, 0.15) is 15.9 Å². The van der Waals surface area contributed by atoms with Gasteiger partial charge in [0.2, 0.25) is 0 Å². The number of aromatic amines is 1. The topological polar surface area (TPSA) is 115 Å². The Labute approximate surface area is 169 Å². The summed E-state index contributed by atoms with van der Waals surface area (Å²) in [4.78, 5) is 42.9. The first-order valence-corrected chi connectivity index (χ1v) is 9.00. The van der Waals surface area contributed by atoms with Gasteiger partial charge in [0.05, 0.1) is 21.4 Å². The summed E-state index contributed by atoms with van der Waals surface area (Å²) in [6, 6.07) is 17.6. The monoisotopic (exact) mass is 401 g/mol. The van der Waals surface area contributed by atoms with Gasteiger partial charge < -0.3 is 9.72 Å². The van der Waals surface area contributed by atoms with Crippen molar-refractivity contribution in [2.75, 3.05) is 0 Å². The Bertz CT molecular complexity index is 1360. The molecule has 0 aliphatic rings. The van der Waals surface area contributed by atoms with Crippen molar-refractivity contribution in [1.29, 1.82) is 0 Å². The third kappa shape index (κ3) is 3.53. The highest BCUT2D eigenvalue weighted by atomic mass is 16.6. The molecule has 0 bridgehead atoms. The van der Waals surface area contributed by atoms with Crippen LogP contribution in [0.25, 0.3) is 22.3 Å². The van der Waals surface area contributed by atoms with Crippen molar-refractivity contribution in [3.63, 3.8) is 0 Å². The molecule has 0 radical (unpaired) electrons. The lowest BCUT2D eigenvalue weighted by Crippen LogP contribution is -2.13. The molecule has 0 saturated heterocycles. The third-order valence-electron chi connectivity index (χ3n) is 4.53. The molecule has 0 fully saturated rings. The number of carbonyl (C=O) groups excluding carboxylic acids is 1. The normalized spacial score (nSPS) is 10.7. The highest BCUT2D eigenvalue weighted by Crippen LogP contribution is 2.29. The van der Waals surface area contributed by atoms with Crippen LogP contribution >= 0.6 is 0 Å². The first kappa shape index (κ1) is 19.0. The Morgan fingerprint density at radius 1 is 1.07 bits per heavy atom. The summed E-state index contributed by atoms with van der Waals surface area (Å²) in [5.41, 5.74) is 0.721. The van der Waals surface area contributed by atoms with Gasteiger partial charge >= 0.3 is 5.97 Å². The Morgan fingerprint density at radius 3 is 2.60 bits per heavy atom. The van der Waals surface area contributed by atoms with E-state index in [0.717, 1.165) is 0 Å². The molecule has 4 aromatic rings. The van der Waals surface area contributed by atoms with Crippen molar-refractivity contribution < 1.29 is 14.5 Å². The molecular formula is C22H15N3O5. The van der Waals surface area contributed by atoms with Crippen molar-refractivity contribution in [3.05, 3.63) is 98.3 Å². The predicted octanol–water partition coefficient (Wildman–Crippen LogP) is 4.03. The molecular weight excluding hydrogens is 386 g/mol. The van der Waals surface area contributed by atoms with Crippen molar-refractivity contribution in [2.24, 2.45) is 0 Å². The van der Waals surface area contributed by atoms with Gasteiger partial charge in [-0.3, -0.25) is 14.9 Å². The van der Waals surface area contributed by atoms with Crippen LogP contribution in [-0.2, 0) is 0 Å². The van der Waals surface area contributed by atoms with E-state index in [9.17, 15) is 19.7 Å². The fourth-order valence-electron chi connectivity index (χ4n) is 3.09. The third-order valence-corrected chi connectivity index (χ3v) is 4.53. The van der Waals surface area contributed by atoms with Crippen molar-refractivity contribution >= 4 is 22.6 Å². The van der Waals surface area contributed by atoms with Crippen LogP contribution in [0.15, 0.2) is 71.5 Å². The Balaban J connectivity index is 1.77. The van der Waals surface area contributed by atoms with E-state index >= 15 is 0 Å². The number of H-pyrrole nitrogens is 1. The molecule has 0 atom stereocenters. The van der Waals surface area contributed by atoms with Gasteiger partial charge in [-0.1, -0.05) is 30.3 Å². The molecule has 1 heterocycles. The number of hydrogen-bond donors (Lipinski definition) is 1. The molecule has 0 amide bonds. The van der Waals surface area contributed by atoms with Gasteiger partial charge in [0, 0.05) is 6.07 Å². The second-order valence-corrected chi connectivity index (χ2v) is 6.60. The number of aryl methyl sites for hydroxylation is 1. The summed E-state index contributed by atoms with van der Waals surface area (Å²) in [7, 11) is 0. The first-order valence-electron chi connectivity index (χ1n) is 9.00. The summed E-state index contributed by atoms with van der Waals surface area (Å²) >= 11 is 0. The summed E-state index contributed by atoms with van der Waals surface area (Å²) in [6.07, 6.45) is 0. The maximum absolute atomic E-state index is 12.7. The lowest BCUT2D eigenvalue weighted by molar-refractivity contribution is -0.385. The quantitative estimate of drug-likeness (QED) is 0.239. The minimum Gasteiger partial charge on any atom is -0.422 e.